The molecular formula is C17H13BrF3N7O. The minimum absolute atomic E-state index is 0.0497. The van der Waals surface area contributed by atoms with Gasteiger partial charge in [-0.15, -0.1) is 5.10 Å². The SMILES string of the molecule is Cc1nc([C@H](C)Nc2nc3cc(C(F)(F)F)cc(Br)c3o2)n(-c2ncccn2)n1. The Balaban J connectivity index is 1.67. The lowest BCUT2D eigenvalue weighted by Gasteiger charge is -2.11. The van der Waals surface area contributed by atoms with E-state index in [9.17, 15) is 13.2 Å². The molecule has 0 radical (unpaired) electrons. The molecule has 0 aliphatic heterocycles. The van der Waals surface area contributed by atoms with Crippen LogP contribution in [0.1, 0.15) is 30.2 Å². The van der Waals surface area contributed by atoms with E-state index in [-0.39, 0.29) is 21.6 Å². The molecule has 12 heteroatoms. The molecule has 0 bridgehead atoms. The average Bonchev–Trinajstić information content (AvgIpc) is 3.25. The number of rotatable bonds is 4. The van der Waals surface area contributed by atoms with E-state index in [2.05, 4.69) is 46.3 Å². The maximum absolute atomic E-state index is 13.0. The lowest BCUT2D eigenvalue weighted by molar-refractivity contribution is -0.137. The zero-order valence-electron chi connectivity index (χ0n) is 15.1. The van der Waals surface area contributed by atoms with Crippen molar-refractivity contribution in [3.63, 3.8) is 0 Å². The van der Waals surface area contributed by atoms with Crippen LogP contribution in [0, 0.1) is 6.92 Å². The van der Waals surface area contributed by atoms with Gasteiger partial charge in [0.1, 0.15) is 11.3 Å². The molecule has 3 heterocycles. The first-order valence-electron chi connectivity index (χ1n) is 8.37. The average molecular weight is 468 g/mol. The summed E-state index contributed by atoms with van der Waals surface area (Å²) in [6.07, 6.45) is -1.32. The van der Waals surface area contributed by atoms with Gasteiger partial charge in [-0.05, 0) is 48.0 Å². The third-order valence-corrected chi connectivity index (χ3v) is 4.57. The zero-order valence-corrected chi connectivity index (χ0v) is 16.7. The molecule has 29 heavy (non-hydrogen) atoms. The summed E-state index contributed by atoms with van der Waals surface area (Å²) in [5.74, 6) is 1.34. The highest BCUT2D eigenvalue weighted by Gasteiger charge is 2.32. The van der Waals surface area contributed by atoms with Crippen molar-refractivity contribution in [2.24, 2.45) is 0 Å². The number of aromatic nitrogens is 6. The van der Waals surface area contributed by atoms with Crippen LogP contribution >= 0.6 is 15.9 Å². The van der Waals surface area contributed by atoms with Gasteiger partial charge in [0.15, 0.2) is 11.4 Å². The third-order valence-electron chi connectivity index (χ3n) is 3.98. The highest BCUT2D eigenvalue weighted by molar-refractivity contribution is 9.10. The second-order valence-electron chi connectivity index (χ2n) is 6.17. The first-order chi connectivity index (χ1) is 13.7. The molecule has 8 nitrogen and oxygen atoms in total. The number of hydrogen-bond acceptors (Lipinski definition) is 7. The van der Waals surface area contributed by atoms with E-state index in [1.807, 2.05) is 0 Å². The summed E-state index contributed by atoms with van der Waals surface area (Å²) in [5, 5.41) is 7.29. The molecule has 0 unspecified atom stereocenters. The lowest BCUT2D eigenvalue weighted by Crippen LogP contribution is -2.15. The molecule has 0 spiro atoms. The number of nitrogens with zero attached hydrogens (tertiary/aromatic N) is 6. The van der Waals surface area contributed by atoms with Crippen LogP contribution in [0.4, 0.5) is 19.2 Å². The normalized spacial score (nSPS) is 13.0. The summed E-state index contributed by atoms with van der Waals surface area (Å²) in [6.45, 7) is 3.51. The number of benzene rings is 1. The fraction of sp³-hybridized carbons (Fsp3) is 0.235. The van der Waals surface area contributed by atoms with Gasteiger partial charge in [0.25, 0.3) is 12.0 Å². The monoisotopic (exact) mass is 467 g/mol. The number of oxazole rings is 1. The van der Waals surface area contributed by atoms with Crippen molar-refractivity contribution in [2.75, 3.05) is 5.32 Å². The summed E-state index contributed by atoms with van der Waals surface area (Å²) in [7, 11) is 0. The molecule has 0 saturated carbocycles. The Morgan fingerprint density at radius 1 is 1.17 bits per heavy atom. The fourth-order valence-electron chi connectivity index (χ4n) is 2.73. The van der Waals surface area contributed by atoms with E-state index in [4.69, 9.17) is 4.42 Å². The molecule has 1 N–H and O–H groups in total. The Morgan fingerprint density at radius 2 is 1.90 bits per heavy atom. The quantitative estimate of drug-likeness (QED) is 0.473. The molecule has 0 amide bonds. The second kappa shape index (κ2) is 7.10. The van der Waals surface area contributed by atoms with Crippen LogP contribution in [0.3, 0.4) is 0 Å². The summed E-state index contributed by atoms with van der Waals surface area (Å²) in [5.41, 5.74) is -0.538. The molecular weight excluding hydrogens is 455 g/mol. The van der Waals surface area contributed by atoms with Crippen LogP contribution in [0.2, 0.25) is 0 Å². The van der Waals surface area contributed by atoms with Crippen LogP contribution in [0.5, 0.6) is 0 Å². The highest BCUT2D eigenvalue weighted by atomic mass is 79.9. The minimum atomic E-state index is -4.49. The number of halogens is 4. The largest absolute Gasteiger partial charge is 0.422 e. The van der Waals surface area contributed by atoms with Gasteiger partial charge in [-0.25, -0.2) is 15.0 Å². The Hall–Kier alpha value is -3.02. The smallest absolute Gasteiger partial charge is 0.416 e. The number of aryl methyl sites for hydroxylation is 1. The predicted octanol–water partition coefficient (Wildman–Crippen LogP) is 4.46. The standard InChI is InChI=1S/C17H13BrF3N7O/c1-8(14-25-9(2)27-28(14)15-22-4-3-5-23-15)24-16-26-12-7-10(17(19,20)21)6-11(18)13(12)29-16/h3-8H,1-2H3,(H,24,26)/t8-/m0/s1. The lowest BCUT2D eigenvalue weighted by atomic mass is 10.2. The maximum Gasteiger partial charge on any atom is 0.416 e. The second-order valence-corrected chi connectivity index (χ2v) is 7.02. The number of hydrogen-bond donors (Lipinski definition) is 1. The van der Waals surface area contributed by atoms with E-state index in [1.165, 1.54) is 4.68 Å². The van der Waals surface area contributed by atoms with Crippen molar-refractivity contribution >= 4 is 33.0 Å². The van der Waals surface area contributed by atoms with Crippen molar-refractivity contribution < 1.29 is 17.6 Å². The van der Waals surface area contributed by atoms with Gasteiger partial charge in [-0.1, -0.05) is 0 Å². The molecule has 0 aliphatic rings. The van der Waals surface area contributed by atoms with Crippen molar-refractivity contribution in [3.05, 3.63) is 52.3 Å². The first-order valence-corrected chi connectivity index (χ1v) is 9.16. The van der Waals surface area contributed by atoms with Gasteiger partial charge in [-0.3, -0.25) is 0 Å². The van der Waals surface area contributed by atoms with Crippen molar-refractivity contribution in [1.29, 1.82) is 0 Å². The Labute approximate surface area is 170 Å². The van der Waals surface area contributed by atoms with Crippen LogP contribution in [-0.4, -0.2) is 29.7 Å². The van der Waals surface area contributed by atoms with Gasteiger partial charge in [0.05, 0.1) is 16.1 Å². The molecule has 0 aliphatic carbocycles. The van der Waals surface area contributed by atoms with Gasteiger partial charge in [0, 0.05) is 12.4 Å². The van der Waals surface area contributed by atoms with Crippen LogP contribution < -0.4 is 5.32 Å². The predicted molar refractivity (Wildman–Crippen MR) is 100 cm³/mol. The van der Waals surface area contributed by atoms with Crippen LogP contribution in [0.15, 0.2) is 39.5 Å². The number of alkyl halides is 3. The zero-order chi connectivity index (χ0) is 20.8. The van der Waals surface area contributed by atoms with Crippen LogP contribution in [-0.2, 0) is 6.18 Å². The Bertz CT molecular complexity index is 1170. The molecule has 0 saturated heterocycles. The Morgan fingerprint density at radius 3 is 2.59 bits per heavy atom. The Kier molecular flexibility index (Phi) is 4.73. The summed E-state index contributed by atoms with van der Waals surface area (Å²) < 4.78 is 46.3. The van der Waals surface area contributed by atoms with E-state index in [1.54, 1.807) is 32.3 Å². The van der Waals surface area contributed by atoms with Gasteiger partial charge in [-0.2, -0.15) is 22.8 Å². The molecule has 1 atom stereocenters. The van der Waals surface area contributed by atoms with Gasteiger partial charge < -0.3 is 9.73 Å². The van der Waals surface area contributed by atoms with Crippen LogP contribution in [0.25, 0.3) is 17.0 Å². The van der Waals surface area contributed by atoms with Gasteiger partial charge in [0.2, 0.25) is 0 Å². The minimum Gasteiger partial charge on any atom is -0.422 e. The third kappa shape index (κ3) is 3.79. The summed E-state index contributed by atoms with van der Waals surface area (Å²) in [4.78, 5) is 16.8. The molecule has 150 valence electrons. The first kappa shape index (κ1) is 19.3. The molecule has 1 aromatic carbocycles. The van der Waals surface area contributed by atoms with Gasteiger partial charge >= 0.3 is 6.18 Å². The molecule has 0 fully saturated rings. The van der Waals surface area contributed by atoms with Crippen molar-refractivity contribution in [2.45, 2.75) is 26.1 Å². The highest BCUT2D eigenvalue weighted by Crippen LogP contribution is 2.36. The molecule has 4 aromatic rings. The summed E-state index contributed by atoms with van der Waals surface area (Å²) >= 11 is 3.11. The van der Waals surface area contributed by atoms with E-state index >= 15 is 0 Å². The van der Waals surface area contributed by atoms with E-state index in [0.29, 0.717) is 17.6 Å². The maximum atomic E-state index is 13.0. The fourth-order valence-corrected chi connectivity index (χ4v) is 3.26. The summed E-state index contributed by atoms with van der Waals surface area (Å²) in [6, 6.07) is 3.17. The number of anilines is 1. The van der Waals surface area contributed by atoms with Crippen molar-refractivity contribution in [3.8, 4) is 5.95 Å². The number of fused-ring (bicyclic) bond motifs is 1. The van der Waals surface area contributed by atoms with E-state index in [0.717, 1.165) is 12.1 Å². The van der Waals surface area contributed by atoms with Crippen molar-refractivity contribution in [1.82, 2.24) is 29.7 Å². The molecule has 3 aromatic heterocycles. The topological polar surface area (TPSA) is 94.6 Å². The number of nitrogens with one attached hydrogen (secondary N) is 1. The van der Waals surface area contributed by atoms with E-state index < -0.39 is 17.8 Å². The molecule has 4 rings (SSSR count).